The highest BCUT2D eigenvalue weighted by Gasteiger charge is 2.28. The van der Waals surface area contributed by atoms with Crippen LogP contribution in [-0.2, 0) is 0 Å². The lowest BCUT2D eigenvalue weighted by Gasteiger charge is -2.32. The van der Waals surface area contributed by atoms with Crippen molar-refractivity contribution in [2.75, 3.05) is 27.2 Å². The number of likely N-dealkylation sites (tertiary alicyclic amines) is 1. The molecule has 1 aromatic heterocycles. The van der Waals surface area contributed by atoms with Gasteiger partial charge in [-0.05, 0) is 34.1 Å². The Kier molecular flexibility index (Phi) is 4.61. The first kappa shape index (κ1) is 16.0. The summed E-state index contributed by atoms with van der Waals surface area (Å²) in [5.41, 5.74) is 0.716. The number of furan rings is 1. The number of piperidine rings is 1. The van der Waals surface area contributed by atoms with Crippen LogP contribution in [-0.4, -0.2) is 44.0 Å². The Morgan fingerprint density at radius 2 is 1.95 bits per heavy atom. The number of nitrogens with zero attached hydrogens (tertiary/aromatic N) is 1. The maximum Gasteiger partial charge on any atom is 0.289 e. The van der Waals surface area contributed by atoms with Crippen LogP contribution in [0.5, 0.6) is 0 Å². The quantitative estimate of drug-likeness (QED) is 0.795. The first-order chi connectivity index (χ1) is 10.5. The molecule has 0 aliphatic carbocycles. The van der Waals surface area contributed by atoms with Crippen LogP contribution in [0.3, 0.4) is 0 Å². The molecular weight excluding hydrogens is 412 g/mol. The van der Waals surface area contributed by atoms with Gasteiger partial charge in [-0.3, -0.25) is 4.79 Å². The SMILES string of the molecule is CN(C(=O)c1cc2cc(Br)cc(Br)c2o1)C1CC[NH+](C)CC1. The lowest BCUT2D eigenvalue weighted by molar-refractivity contribution is -0.885. The van der Waals surface area contributed by atoms with Gasteiger partial charge in [0.2, 0.25) is 0 Å². The Morgan fingerprint density at radius 1 is 1.27 bits per heavy atom. The average Bonchev–Trinajstić information content (AvgIpc) is 2.90. The van der Waals surface area contributed by atoms with Crippen molar-refractivity contribution >= 4 is 48.7 Å². The average molecular weight is 431 g/mol. The number of amides is 1. The second kappa shape index (κ2) is 6.34. The Hall–Kier alpha value is -0.850. The first-order valence-corrected chi connectivity index (χ1v) is 9.01. The van der Waals surface area contributed by atoms with Gasteiger partial charge in [-0.1, -0.05) is 15.9 Å². The van der Waals surface area contributed by atoms with E-state index in [1.54, 1.807) is 0 Å². The molecule has 0 atom stereocenters. The molecule has 6 heteroatoms. The van der Waals surface area contributed by atoms with Gasteiger partial charge in [0.15, 0.2) is 5.76 Å². The largest absolute Gasteiger partial charge is 0.450 e. The highest BCUT2D eigenvalue weighted by atomic mass is 79.9. The van der Waals surface area contributed by atoms with Crippen molar-refractivity contribution < 1.29 is 14.1 Å². The molecule has 1 aliphatic heterocycles. The van der Waals surface area contributed by atoms with E-state index in [-0.39, 0.29) is 5.91 Å². The smallest absolute Gasteiger partial charge is 0.289 e. The Bertz CT molecular complexity index is 705. The number of quaternary nitrogens is 1. The molecule has 4 nitrogen and oxygen atoms in total. The third-order valence-corrected chi connectivity index (χ3v) is 5.47. The van der Waals surface area contributed by atoms with E-state index in [0.29, 0.717) is 17.4 Å². The standard InChI is InChI=1S/C16H18Br2N2O2/c1-19-5-3-12(4-6-19)20(2)16(21)14-8-10-7-11(17)9-13(18)15(10)22-14/h7-9,12H,3-6H2,1-2H3/p+1. The second-order valence-corrected chi connectivity index (χ2v) is 7.79. The van der Waals surface area contributed by atoms with Crippen molar-refractivity contribution in [2.24, 2.45) is 0 Å². The van der Waals surface area contributed by atoms with Crippen molar-refractivity contribution in [3.63, 3.8) is 0 Å². The van der Waals surface area contributed by atoms with Gasteiger partial charge in [0.1, 0.15) is 5.58 Å². The predicted molar refractivity (Wildman–Crippen MR) is 93.4 cm³/mol. The molecule has 3 rings (SSSR count). The summed E-state index contributed by atoms with van der Waals surface area (Å²) in [5.74, 6) is 0.367. The predicted octanol–water partition coefficient (Wildman–Crippen LogP) is 2.71. The summed E-state index contributed by atoms with van der Waals surface area (Å²) in [6.07, 6.45) is 2.09. The van der Waals surface area contributed by atoms with Crippen LogP contribution in [0.1, 0.15) is 23.4 Å². The fourth-order valence-corrected chi connectivity index (χ4v) is 4.34. The Morgan fingerprint density at radius 3 is 2.64 bits per heavy atom. The van der Waals surface area contributed by atoms with E-state index in [1.165, 1.54) is 4.90 Å². The lowest BCUT2D eigenvalue weighted by atomic mass is 10.0. The zero-order valence-corrected chi connectivity index (χ0v) is 15.8. The van der Waals surface area contributed by atoms with E-state index in [4.69, 9.17) is 4.42 Å². The summed E-state index contributed by atoms with van der Waals surface area (Å²) in [6.45, 7) is 2.22. The topological polar surface area (TPSA) is 37.9 Å². The second-order valence-electron chi connectivity index (χ2n) is 6.02. The number of carbonyl (C=O) groups is 1. The molecule has 2 heterocycles. The zero-order chi connectivity index (χ0) is 15.9. The summed E-state index contributed by atoms with van der Waals surface area (Å²) in [6, 6.07) is 6.01. The van der Waals surface area contributed by atoms with Crippen molar-refractivity contribution in [1.82, 2.24) is 4.90 Å². The number of hydrogen-bond donors (Lipinski definition) is 1. The van der Waals surface area contributed by atoms with Gasteiger partial charge in [-0.2, -0.15) is 0 Å². The van der Waals surface area contributed by atoms with Crippen molar-refractivity contribution in [3.05, 3.63) is 32.9 Å². The normalized spacial score (nSPS) is 22.0. The van der Waals surface area contributed by atoms with Crippen molar-refractivity contribution in [3.8, 4) is 0 Å². The van der Waals surface area contributed by atoms with E-state index >= 15 is 0 Å². The van der Waals surface area contributed by atoms with Crippen molar-refractivity contribution in [2.45, 2.75) is 18.9 Å². The molecule has 2 aromatic rings. The fourth-order valence-electron chi connectivity index (χ4n) is 3.00. The Labute approximate surface area is 146 Å². The van der Waals surface area contributed by atoms with Crippen LogP contribution < -0.4 is 4.90 Å². The number of fused-ring (bicyclic) bond motifs is 1. The maximum absolute atomic E-state index is 12.7. The zero-order valence-electron chi connectivity index (χ0n) is 12.7. The van der Waals surface area contributed by atoms with Crippen LogP contribution in [0.15, 0.2) is 31.6 Å². The molecule has 0 saturated carbocycles. The molecule has 1 aliphatic rings. The highest BCUT2D eigenvalue weighted by molar-refractivity contribution is 9.11. The van der Waals surface area contributed by atoms with Gasteiger partial charge in [0, 0.05) is 35.8 Å². The van der Waals surface area contributed by atoms with Gasteiger partial charge < -0.3 is 14.2 Å². The van der Waals surface area contributed by atoms with E-state index in [9.17, 15) is 4.79 Å². The molecule has 22 heavy (non-hydrogen) atoms. The molecule has 1 aromatic carbocycles. The molecule has 1 N–H and O–H groups in total. The monoisotopic (exact) mass is 429 g/mol. The lowest BCUT2D eigenvalue weighted by Crippen LogP contribution is -3.10. The summed E-state index contributed by atoms with van der Waals surface area (Å²) in [7, 11) is 4.08. The van der Waals surface area contributed by atoms with Crippen molar-refractivity contribution in [1.29, 1.82) is 0 Å². The number of carbonyl (C=O) groups excluding carboxylic acids is 1. The number of nitrogens with one attached hydrogen (secondary N) is 1. The minimum absolute atomic E-state index is 0.0382. The first-order valence-electron chi connectivity index (χ1n) is 7.43. The number of hydrogen-bond acceptors (Lipinski definition) is 2. The molecule has 1 amide bonds. The van der Waals surface area contributed by atoms with Crippen LogP contribution in [0, 0.1) is 0 Å². The summed E-state index contributed by atoms with van der Waals surface area (Å²) < 4.78 is 7.59. The maximum atomic E-state index is 12.7. The minimum atomic E-state index is -0.0382. The molecule has 0 unspecified atom stereocenters. The van der Waals surface area contributed by atoms with Gasteiger partial charge in [0.25, 0.3) is 5.91 Å². The highest BCUT2D eigenvalue weighted by Crippen LogP contribution is 2.31. The van der Waals surface area contributed by atoms with E-state index < -0.39 is 0 Å². The summed E-state index contributed by atoms with van der Waals surface area (Å²) in [5, 5.41) is 0.922. The third kappa shape index (κ3) is 3.09. The molecule has 0 bridgehead atoms. The summed E-state index contributed by atoms with van der Waals surface area (Å²) >= 11 is 6.94. The molecule has 0 spiro atoms. The molecule has 0 radical (unpaired) electrons. The Balaban J connectivity index is 1.84. The fraction of sp³-hybridized carbons (Fsp3) is 0.438. The van der Waals surface area contributed by atoms with Crippen LogP contribution in [0.25, 0.3) is 11.0 Å². The molecular formula is C16H19Br2N2O2+. The van der Waals surface area contributed by atoms with Crippen LogP contribution in [0.2, 0.25) is 0 Å². The van der Waals surface area contributed by atoms with Gasteiger partial charge in [0.05, 0.1) is 24.6 Å². The van der Waals surface area contributed by atoms with Gasteiger partial charge in [-0.25, -0.2) is 0 Å². The van der Waals surface area contributed by atoms with E-state index in [0.717, 1.165) is 40.3 Å². The number of halogens is 2. The van der Waals surface area contributed by atoms with E-state index in [2.05, 4.69) is 38.9 Å². The minimum Gasteiger partial charge on any atom is -0.450 e. The van der Waals surface area contributed by atoms with E-state index in [1.807, 2.05) is 30.1 Å². The van der Waals surface area contributed by atoms with Crippen LogP contribution in [0.4, 0.5) is 0 Å². The van der Waals surface area contributed by atoms with Gasteiger partial charge in [-0.15, -0.1) is 0 Å². The molecule has 1 fully saturated rings. The molecule has 118 valence electrons. The summed E-state index contributed by atoms with van der Waals surface area (Å²) in [4.78, 5) is 16.1. The number of rotatable bonds is 2. The van der Waals surface area contributed by atoms with Crippen LogP contribution >= 0.6 is 31.9 Å². The van der Waals surface area contributed by atoms with Gasteiger partial charge >= 0.3 is 0 Å². The molecule has 1 saturated heterocycles. The number of benzene rings is 1. The third-order valence-electron chi connectivity index (χ3n) is 4.42.